The number of ketones is 1. The van der Waals surface area contributed by atoms with Gasteiger partial charge >= 0.3 is 0 Å². The molecule has 0 saturated heterocycles. The van der Waals surface area contributed by atoms with Crippen molar-refractivity contribution >= 4 is 5.78 Å². The molecule has 14 heavy (non-hydrogen) atoms. The lowest BCUT2D eigenvalue weighted by Gasteiger charge is -2.20. The van der Waals surface area contributed by atoms with Gasteiger partial charge in [-0.05, 0) is 25.0 Å². The number of Topliss-reactive ketones (excluding diaryl/α,β-unsaturated/α-hetero) is 1. The average molecular weight is 191 g/mol. The lowest BCUT2D eigenvalue weighted by Crippen LogP contribution is -2.14. The van der Waals surface area contributed by atoms with Crippen LogP contribution in [0.2, 0.25) is 0 Å². The molecule has 3 heteroatoms. The van der Waals surface area contributed by atoms with Crippen LogP contribution < -0.4 is 0 Å². The number of hydrogen-bond acceptors (Lipinski definition) is 3. The molecule has 1 unspecified atom stereocenters. The second-order valence-corrected chi connectivity index (χ2v) is 3.74. The molecular formula is C11H13NO2. The molecule has 2 rings (SSSR count). The van der Waals surface area contributed by atoms with Crippen molar-refractivity contribution in [3.05, 3.63) is 24.0 Å². The van der Waals surface area contributed by atoms with Crippen LogP contribution in [-0.2, 0) is 4.79 Å². The zero-order chi connectivity index (χ0) is 9.97. The maximum atomic E-state index is 11.2. The first-order valence-electron chi connectivity index (χ1n) is 4.93. The quantitative estimate of drug-likeness (QED) is 0.738. The van der Waals surface area contributed by atoms with Gasteiger partial charge in [0.1, 0.15) is 11.5 Å². The van der Waals surface area contributed by atoms with Gasteiger partial charge in [0.15, 0.2) is 0 Å². The highest BCUT2D eigenvalue weighted by Crippen LogP contribution is 2.33. The van der Waals surface area contributed by atoms with E-state index in [4.69, 9.17) is 0 Å². The summed E-state index contributed by atoms with van der Waals surface area (Å²) in [6.07, 6.45) is 4.75. The SMILES string of the molecule is O=C1CCCC(c2ncccc2O)C1. The van der Waals surface area contributed by atoms with Crippen molar-refractivity contribution in [3.63, 3.8) is 0 Å². The highest BCUT2D eigenvalue weighted by atomic mass is 16.3. The van der Waals surface area contributed by atoms with E-state index in [2.05, 4.69) is 4.98 Å². The summed E-state index contributed by atoms with van der Waals surface area (Å²) in [5.74, 6) is 0.621. The highest BCUT2D eigenvalue weighted by molar-refractivity contribution is 5.80. The number of aromatic nitrogens is 1. The first-order chi connectivity index (χ1) is 6.77. The lowest BCUT2D eigenvalue weighted by atomic mass is 9.85. The van der Waals surface area contributed by atoms with E-state index in [1.807, 2.05) is 0 Å². The van der Waals surface area contributed by atoms with Gasteiger partial charge in [-0.2, -0.15) is 0 Å². The van der Waals surface area contributed by atoms with Crippen LogP contribution in [0.15, 0.2) is 18.3 Å². The smallest absolute Gasteiger partial charge is 0.137 e. The molecule has 0 bridgehead atoms. The van der Waals surface area contributed by atoms with Crippen LogP contribution in [0.3, 0.4) is 0 Å². The van der Waals surface area contributed by atoms with Gasteiger partial charge in [-0.3, -0.25) is 9.78 Å². The molecule has 1 aliphatic rings. The maximum Gasteiger partial charge on any atom is 0.137 e. The van der Waals surface area contributed by atoms with Crippen molar-refractivity contribution in [1.29, 1.82) is 0 Å². The topological polar surface area (TPSA) is 50.2 Å². The van der Waals surface area contributed by atoms with E-state index in [0.717, 1.165) is 12.8 Å². The third-order valence-corrected chi connectivity index (χ3v) is 2.69. The van der Waals surface area contributed by atoms with Crippen molar-refractivity contribution < 1.29 is 9.90 Å². The predicted octanol–water partition coefficient (Wildman–Crippen LogP) is 2.01. The van der Waals surface area contributed by atoms with Gasteiger partial charge in [-0.1, -0.05) is 0 Å². The number of carbonyl (C=O) groups excluding carboxylic acids is 1. The van der Waals surface area contributed by atoms with Gasteiger partial charge in [-0.15, -0.1) is 0 Å². The Labute approximate surface area is 82.8 Å². The monoisotopic (exact) mass is 191 g/mol. The second-order valence-electron chi connectivity index (χ2n) is 3.74. The minimum absolute atomic E-state index is 0.123. The zero-order valence-electron chi connectivity index (χ0n) is 7.94. The Hall–Kier alpha value is -1.38. The van der Waals surface area contributed by atoms with E-state index in [9.17, 15) is 9.90 Å². The van der Waals surface area contributed by atoms with Crippen LogP contribution in [0.5, 0.6) is 5.75 Å². The molecule has 3 nitrogen and oxygen atoms in total. The summed E-state index contributed by atoms with van der Waals surface area (Å²) in [4.78, 5) is 15.4. The summed E-state index contributed by atoms with van der Waals surface area (Å²) in [7, 11) is 0. The van der Waals surface area contributed by atoms with Crippen molar-refractivity contribution in [3.8, 4) is 5.75 Å². The fourth-order valence-electron chi connectivity index (χ4n) is 1.98. The van der Waals surface area contributed by atoms with E-state index in [0.29, 0.717) is 18.5 Å². The first-order valence-corrected chi connectivity index (χ1v) is 4.93. The van der Waals surface area contributed by atoms with Gasteiger partial charge < -0.3 is 5.11 Å². The third kappa shape index (κ3) is 1.76. The molecule has 1 aromatic rings. The molecule has 1 aliphatic carbocycles. The normalized spacial score (nSPS) is 22.3. The molecule has 0 spiro atoms. The Bertz CT molecular complexity index is 349. The number of hydrogen-bond donors (Lipinski definition) is 1. The third-order valence-electron chi connectivity index (χ3n) is 2.69. The van der Waals surface area contributed by atoms with E-state index in [1.54, 1.807) is 18.3 Å². The zero-order valence-corrected chi connectivity index (χ0v) is 7.94. The van der Waals surface area contributed by atoms with Crippen molar-refractivity contribution in [2.75, 3.05) is 0 Å². The molecule has 74 valence electrons. The molecule has 0 radical (unpaired) electrons. The Morgan fingerprint density at radius 2 is 2.36 bits per heavy atom. The fraction of sp³-hybridized carbons (Fsp3) is 0.455. The Balaban J connectivity index is 2.22. The summed E-state index contributed by atoms with van der Waals surface area (Å²) >= 11 is 0. The number of nitrogens with zero attached hydrogens (tertiary/aromatic N) is 1. The highest BCUT2D eigenvalue weighted by Gasteiger charge is 2.23. The largest absolute Gasteiger partial charge is 0.506 e. The first kappa shape index (κ1) is 9.19. The molecular weight excluding hydrogens is 178 g/mol. The number of aromatic hydroxyl groups is 1. The van der Waals surface area contributed by atoms with E-state index >= 15 is 0 Å². The Morgan fingerprint density at radius 1 is 1.50 bits per heavy atom. The summed E-state index contributed by atoms with van der Waals surface area (Å²) in [6.45, 7) is 0. The summed E-state index contributed by atoms with van der Waals surface area (Å²) in [6, 6.07) is 3.32. The summed E-state index contributed by atoms with van der Waals surface area (Å²) < 4.78 is 0. The molecule has 0 amide bonds. The van der Waals surface area contributed by atoms with Gasteiger partial charge in [0, 0.05) is 25.0 Å². The number of pyridine rings is 1. The van der Waals surface area contributed by atoms with Crippen molar-refractivity contribution in [2.24, 2.45) is 0 Å². The predicted molar refractivity (Wildman–Crippen MR) is 52.1 cm³/mol. The molecule has 1 saturated carbocycles. The fourth-order valence-corrected chi connectivity index (χ4v) is 1.98. The summed E-state index contributed by atoms with van der Waals surface area (Å²) in [5, 5.41) is 9.58. The van der Waals surface area contributed by atoms with Crippen molar-refractivity contribution in [2.45, 2.75) is 31.6 Å². The maximum absolute atomic E-state index is 11.2. The van der Waals surface area contributed by atoms with Crippen molar-refractivity contribution in [1.82, 2.24) is 4.98 Å². The second kappa shape index (κ2) is 3.78. The van der Waals surface area contributed by atoms with Crippen LogP contribution >= 0.6 is 0 Å². The van der Waals surface area contributed by atoms with Crippen LogP contribution in [0, 0.1) is 0 Å². The van der Waals surface area contributed by atoms with Gasteiger partial charge in [-0.25, -0.2) is 0 Å². The van der Waals surface area contributed by atoms with E-state index < -0.39 is 0 Å². The molecule has 1 aromatic heterocycles. The van der Waals surface area contributed by atoms with Crippen LogP contribution in [0.1, 0.15) is 37.3 Å². The van der Waals surface area contributed by atoms with E-state index in [1.165, 1.54) is 0 Å². The molecule has 1 atom stereocenters. The van der Waals surface area contributed by atoms with Crippen LogP contribution in [0.25, 0.3) is 0 Å². The summed E-state index contributed by atoms with van der Waals surface area (Å²) in [5.41, 5.74) is 0.681. The van der Waals surface area contributed by atoms with Gasteiger partial charge in [0.05, 0.1) is 5.69 Å². The van der Waals surface area contributed by atoms with Crippen LogP contribution in [-0.4, -0.2) is 15.9 Å². The molecule has 0 aliphatic heterocycles. The molecule has 1 N–H and O–H groups in total. The molecule has 1 fully saturated rings. The minimum Gasteiger partial charge on any atom is -0.506 e. The number of carbonyl (C=O) groups is 1. The Kier molecular flexibility index (Phi) is 2.48. The standard InChI is InChI=1S/C11H13NO2/c13-9-4-1-3-8(7-9)11-10(14)5-2-6-12-11/h2,5-6,8,14H,1,3-4,7H2. The molecule has 1 heterocycles. The number of rotatable bonds is 1. The van der Waals surface area contributed by atoms with Crippen LogP contribution in [0.4, 0.5) is 0 Å². The lowest BCUT2D eigenvalue weighted by molar-refractivity contribution is -0.120. The van der Waals surface area contributed by atoms with E-state index in [-0.39, 0.29) is 17.5 Å². The molecule has 0 aromatic carbocycles. The van der Waals surface area contributed by atoms with Gasteiger partial charge in [0.25, 0.3) is 0 Å². The minimum atomic E-state index is 0.123. The Morgan fingerprint density at radius 3 is 3.07 bits per heavy atom. The van der Waals surface area contributed by atoms with Gasteiger partial charge in [0.2, 0.25) is 0 Å². The average Bonchev–Trinajstić information content (AvgIpc) is 2.18.